The fraction of sp³-hybridized carbons (Fsp3) is 0.786. The maximum absolute atomic E-state index is 12.2. The van der Waals surface area contributed by atoms with Crippen molar-refractivity contribution in [1.82, 2.24) is 15.5 Å². The highest BCUT2D eigenvalue weighted by Gasteiger charge is 2.34. The van der Waals surface area contributed by atoms with Gasteiger partial charge in [0.05, 0.1) is 6.04 Å². The quantitative estimate of drug-likeness (QED) is 0.253. The van der Waals surface area contributed by atoms with Crippen LogP contribution in [0.15, 0.2) is 4.99 Å². The minimum Gasteiger partial charge on any atom is -0.370 e. The predicted molar refractivity (Wildman–Crippen MR) is 86.2 cm³/mol. The highest BCUT2D eigenvalue weighted by atomic mass is 16.2. The summed E-state index contributed by atoms with van der Waals surface area (Å²) in [7, 11) is 1.86. The maximum atomic E-state index is 12.2. The molecule has 2 amide bonds. The van der Waals surface area contributed by atoms with E-state index in [-0.39, 0.29) is 23.8 Å². The number of piperazine rings is 1. The molecule has 2 atom stereocenters. The van der Waals surface area contributed by atoms with Crippen LogP contribution in [0, 0.1) is 0 Å². The van der Waals surface area contributed by atoms with Crippen molar-refractivity contribution in [3.8, 4) is 0 Å². The van der Waals surface area contributed by atoms with E-state index >= 15 is 0 Å². The van der Waals surface area contributed by atoms with Crippen molar-refractivity contribution in [3.05, 3.63) is 0 Å². The van der Waals surface area contributed by atoms with Gasteiger partial charge in [-0.05, 0) is 26.3 Å². The average Bonchev–Trinajstić information content (AvgIpc) is 2.45. The minimum absolute atomic E-state index is 0.0604. The minimum atomic E-state index is -0.483. The van der Waals surface area contributed by atoms with Gasteiger partial charge in [-0.3, -0.25) is 19.5 Å². The molecule has 0 radical (unpaired) electrons. The van der Waals surface area contributed by atoms with Crippen LogP contribution in [0.4, 0.5) is 0 Å². The highest BCUT2D eigenvalue weighted by molar-refractivity contribution is 5.91. The second-order valence-corrected chi connectivity index (χ2v) is 5.61. The Hall–Kier alpha value is -1.83. The van der Waals surface area contributed by atoms with E-state index in [4.69, 9.17) is 11.5 Å². The third-order valence-corrected chi connectivity index (χ3v) is 3.70. The molecule has 0 aromatic rings. The number of rotatable bonds is 8. The summed E-state index contributed by atoms with van der Waals surface area (Å²) in [5, 5.41) is 5.64. The molecule has 1 fully saturated rings. The number of nitrogens with zero attached hydrogens (tertiary/aromatic N) is 2. The Kier molecular flexibility index (Phi) is 7.65. The SMILES string of the molecule is CCCCNC(=O)[C@H]1CN(C)[C@@H](CCCN=C(N)N)C(=O)N1. The Bertz CT molecular complexity index is 408. The second kappa shape index (κ2) is 9.24. The van der Waals surface area contributed by atoms with Gasteiger partial charge in [-0.15, -0.1) is 0 Å². The average molecular weight is 312 g/mol. The van der Waals surface area contributed by atoms with E-state index < -0.39 is 6.04 Å². The fourth-order valence-electron chi connectivity index (χ4n) is 2.43. The molecule has 1 aliphatic heterocycles. The molecule has 1 rings (SSSR count). The molecule has 0 bridgehead atoms. The van der Waals surface area contributed by atoms with Crippen molar-refractivity contribution >= 4 is 17.8 Å². The van der Waals surface area contributed by atoms with Crippen molar-refractivity contribution < 1.29 is 9.59 Å². The summed E-state index contributed by atoms with van der Waals surface area (Å²) < 4.78 is 0. The van der Waals surface area contributed by atoms with E-state index in [2.05, 4.69) is 22.5 Å². The largest absolute Gasteiger partial charge is 0.370 e. The number of nitrogens with two attached hydrogens (primary N) is 2. The van der Waals surface area contributed by atoms with E-state index in [9.17, 15) is 9.59 Å². The molecular formula is C14H28N6O2. The van der Waals surface area contributed by atoms with Crippen molar-refractivity contribution in [1.29, 1.82) is 0 Å². The summed E-state index contributed by atoms with van der Waals surface area (Å²) >= 11 is 0. The first-order valence-corrected chi connectivity index (χ1v) is 7.79. The summed E-state index contributed by atoms with van der Waals surface area (Å²) in [5.41, 5.74) is 10.5. The van der Waals surface area contributed by atoms with Gasteiger partial charge in [0.1, 0.15) is 6.04 Å². The van der Waals surface area contributed by atoms with Crippen LogP contribution in [-0.4, -0.2) is 61.4 Å². The summed E-state index contributed by atoms with van der Waals surface area (Å²) in [6.07, 6.45) is 3.34. The first kappa shape index (κ1) is 18.2. The van der Waals surface area contributed by atoms with Crippen LogP contribution < -0.4 is 22.1 Å². The summed E-state index contributed by atoms with van der Waals surface area (Å²) in [6.45, 7) is 3.72. The zero-order chi connectivity index (χ0) is 16.5. The van der Waals surface area contributed by atoms with Gasteiger partial charge in [-0.25, -0.2) is 0 Å². The highest BCUT2D eigenvalue weighted by Crippen LogP contribution is 2.12. The van der Waals surface area contributed by atoms with Gasteiger partial charge in [0.25, 0.3) is 0 Å². The number of amides is 2. The smallest absolute Gasteiger partial charge is 0.243 e. The lowest BCUT2D eigenvalue weighted by Gasteiger charge is -2.36. The zero-order valence-corrected chi connectivity index (χ0v) is 13.5. The van der Waals surface area contributed by atoms with Crippen molar-refractivity contribution in [2.24, 2.45) is 16.5 Å². The number of nitrogens with one attached hydrogen (secondary N) is 2. The van der Waals surface area contributed by atoms with Gasteiger partial charge in [-0.2, -0.15) is 0 Å². The number of carbonyl (C=O) groups excluding carboxylic acids is 2. The Labute approximate surface area is 131 Å². The Morgan fingerprint density at radius 3 is 2.77 bits per heavy atom. The number of likely N-dealkylation sites (N-methyl/N-ethyl adjacent to an activating group) is 1. The van der Waals surface area contributed by atoms with E-state index in [0.717, 1.165) is 12.8 Å². The third-order valence-electron chi connectivity index (χ3n) is 3.70. The van der Waals surface area contributed by atoms with Crippen LogP contribution in [-0.2, 0) is 9.59 Å². The van der Waals surface area contributed by atoms with Gasteiger partial charge in [0, 0.05) is 19.6 Å². The standard InChI is InChI=1S/C14H28N6O2/c1-3-4-7-17-12(21)10-9-20(2)11(13(22)19-10)6-5-8-18-14(15)16/h10-11H,3-9H2,1-2H3,(H,17,21)(H,19,22)(H4,15,16,18)/t10-,11+/m1/s1. The van der Waals surface area contributed by atoms with E-state index in [1.54, 1.807) is 0 Å². The number of guanidine groups is 1. The number of carbonyl (C=O) groups is 2. The van der Waals surface area contributed by atoms with Crippen molar-refractivity contribution in [2.45, 2.75) is 44.7 Å². The topological polar surface area (TPSA) is 126 Å². The van der Waals surface area contributed by atoms with Gasteiger partial charge in [-0.1, -0.05) is 13.3 Å². The van der Waals surface area contributed by atoms with Gasteiger partial charge in [0.2, 0.25) is 11.8 Å². The molecule has 1 saturated heterocycles. The lowest BCUT2D eigenvalue weighted by atomic mass is 10.0. The van der Waals surface area contributed by atoms with Crippen molar-refractivity contribution in [3.63, 3.8) is 0 Å². The normalized spacial score (nSPS) is 22.0. The molecule has 22 heavy (non-hydrogen) atoms. The third kappa shape index (κ3) is 5.88. The molecule has 8 nitrogen and oxygen atoms in total. The van der Waals surface area contributed by atoms with Crippen LogP contribution in [0.3, 0.4) is 0 Å². The molecule has 1 heterocycles. The Balaban J connectivity index is 2.42. The zero-order valence-electron chi connectivity index (χ0n) is 13.5. The molecular weight excluding hydrogens is 284 g/mol. The van der Waals surface area contributed by atoms with Gasteiger partial charge < -0.3 is 22.1 Å². The predicted octanol–water partition coefficient (Wildman–Crippen LogP) is -1.24. The maximum Gasteiger partial charge on any atom is 0.243 e. The molecule has 0 unspecified atom stereocenters. The Morgan fingerprint density at radius 1 is 1.45 bits per heavy atom. The first-order valence-electron chi connectivity index (χ1n) is 7.79. The number of unbranched alkanes of at least 4 members (excludes halogenated alkanes) is 1. The number of hydrogen-bond donors (Lipinski definition) is 4. The van der Waals surface area contributed by atoms with E-state index in [0.29, 0.717) is 32.5 Å². The molecule has 0 aromatic carbocycles. The molecule has 0 saturated carbocycles. The van der Waals surface area contributed by atoms with Gasteiger partial charge >= 0.3 is 0 Å². The number of aliphatic imine (C=N–C) groups is 1. The lowest BCUT2D eigenvalue weighted by Crippen LogP contribution is -2.63. The molecule has 126 valence electrons. The summed E-state index contributed by atoms with van der Waals surface area (Å²) in [5.74, 6) is -0.174. The van der Waals surface area contributed by atoms with E-state index in [1.165, 1.54) is 0 Å². The Morgan fingerprint density at radius 2 is 2.18 bits per heavy atom. The monoisotopic (exact) mass is 312 g/mol. The lowest BCUT2D eigenvalue weighted by molar-refractivity contribution is -0.136. The molecule has 8 heteroatoms. The van der Waals surface area contributed by atoms with Gasteiger partial charge in [0.15, 0.2) is 5.96 Å². The van der Waals surface area contributed by atoms with Crippen LogP contribution in [0.1, 0.15) is 32.6 Å². The molecule has 6 N–H and O–H groups in total. The van der Waals surface area contributed by atoms with Crippen LogP contribution in [0.25, 0.3) is 0 Å². The summed E-state index contributed by atoms with van der Waals surface area (Å²) in [6, 6.07) is -0.725. The first-order chi connectivity index (χ1) is 10.5. The molecule has 1 aliphatic rings. The van der Waals surface area contributed by atoms with Crippen LogP contribution >= 0.6 is 0 Å². The molecule has 0 aliphatic carbocycles. The molecule has 0 spiro atoms. The summed E-state index contributed by atoms with van der Waals surface area (Å²) in [4.78, 5) is 30.0. The van der Waals surface area contributed by atoms with Crippen molar-refractivity contribution in [2.75, 3.05) is 26.7 Å². The van der Waals surface area contributed by atoms with E-state index in [1.807, 2.05) is 11.9 Å². The molecule has 0 aromatic heterocycles. The van der Waals surface area contributed by atoms with Crippen LogP contribution in [0.5, 0.6) is 0 Å². The van der Waals surface area contributed by atoms with Crippen LogP contribution in [0.2, 0.25) is 0 Å². The second-order valence-electron chi connectivity index (χ2n) is 5.61. The fourth-order valence-corrected chi connectivity index (χ4v) is 2.43. The number of hydrogen-bond acceptors (Lipinski definition) is 4.